The van der Waals surface area contributed by atoms with Crippen LogP contribution in [0.25, 0.3) is 0 Å². The number of likely N-dealkylation sites (tertiary alicyclic amines) is 1. The normalized spacial score (nSPS) is 16.8. The van der Waals surface area contributed by atoms with Crippen LogP contribution >= 0.6 is 0 Å². The van der Waals surface area contributed by atoms with Gasteiger partial charge in [-0.2, -0.15) is 4.98 Å². The Morgan fingerprint density at radius 1 is 1.36 bits per heavy atom. The standard InChI is InChI=1S/C18H24N6O4/c1-13(25)24(7-5-16-21-17(11-27-2)28-22-16)15-4-3-6-23(10-15)18(26)14-8-19-12-20-9-14/h8-9,12,15H,3-7,10-11H2,1-2H3. The Labute approximate surface area is 162 Å². The summed E-state index contributed by atoms with van der Waals surface area (Å²) in [5.74, 6) is 0.786. The number of ether oxygens (including phenoxy) is 1. The van der Waals surface area contributed by atoms with Crippen molar-refractivity contribution in [3.8, 4) is 0 Å². The van der Waals surface area contributed by atoms with E-state index < -0.39 is 0 Å². The Morgan fingerprint density at radius 3 is 2.86 bits per heavy atom. The predicted molar refractivity (Wildman–Crippen MR) is 97.1 cm³/mol. The molecule has 0 bridgehead atoms. The van der Waals surface area contributed by atoms with E-state index in [1.807, 2.05) is 0 Å². The Morgan fingerprint density at radius 2 is 2.14 bits per heavy atom. The van der Waals surface area contributed by atoms with E-state index in [4.69, 9.17) is 9.26 Å². The summed E-state index contributed by atoms with van der Waals surface area (Å²) in [5.41, 5.74) is 0.454. The van der Waals surface area contributed by atoms with Gasteiger partial charge < -0.3 is 19.1 Å². The molecule has 2 amide bonds. The molecule has 1 saturated heterocycles. The van der Waals surface area contributed by atoms with E-state index in [0.29, 0.717) is 43.3 Å². The summed E-state index contributed by atoms with van der Waals surface area (Å²) >= 11 is 0. The number of carbonyl (C=O) groups is 2. The fraction of sp³-hybridized carbons (Fsp3) is 0.556. The van der Waals surface area contributed by atoms with Crippen molar-refractivity contribution in [3.05, 3.63) is 36.0 Å². The molecule has 1 fully saturated rings. The van der Waals surface area contributed by atoms with Gasteiger partial charge in [-0.15, -0.1) is 0 Å². The lowest BCUT2D eigenvalue weighted by Crippen LogP contribution is -2.51. The van der Waals surface area contributed by atoms with Crippen LogP contribution in [0.3, 0.4) is 0 Å². The van der Waals surface area contributed by atoms with Crippen molar-refractivity contribution in [2.45, 2.75) is 38.8 Å². The minimum atomic E-state index is -0.115. The van der Waals surface area contributed by atoms with E-state index in [1.54, 1.807) is 23.8 Å². The van der Waals surface area contributed by atoms with Gasteiger partial charge >= 0.3 is 0 Å². The third-order valence-electron chi connectivity index (χ3n) is 4.69. The van der Waals surface area contributed by atoms with Crippen LogP contribution in [0.2, 0.25) is 0 Å². The summed E-state index contributed by atoms with van der Waals surface area (Å²) in [6, 6.07) is -0.0508. The van der Waals surface area contributed by atoms with Crippen LogP contribution in [0.5, 0.6) is 0 Å². The fourth-order valence-corrected chi connectivity index (χ4v) is 3.38. The second-order valence-corrected chi connectivity index (χ2v) is 6.67. The first-order chi connectivity index (χ1) is 13.6. The summed E-state index contributed by atoms with van der Waals surface area (Å²) in [6.07, 6.45) is 6.56. The van der Waals surface area contributed by atoms with Gasteiger partial charge in [-0.1, -0.05) is 5.16 Å². The van der Waals surface area contributed by atoms with Gasteiger partial charge in [0.1, 0.15) is 12.9 Å². The summed E-state index contributed by atoms with van der Waals surface area (Å²) < 4.78 is 10.1. The number of rotatable bonds is 7. The molecule has 3 rings (SSSR count). The largest absolute Gasteiger partial charge is 0.375 e. The zero-order valence-electron chi connectivity index (χ0n) is 16.1. The lowest BCUT2D eigenvalue weighted by Gasteiger charge is -2.39. The average molecular weight is 388 g/mol. The number of piperidine rings is 1. The molecule has 2 aromatic rings. The molecule has 28 heavy (non-hydrogen) atoms. The van der Waals surface area contributed by atoms with Crippen LogP contribution in [0.15, 0.2) is 23.2 Å². The molecule has 10 nitrogen and oxygen atoms in total. The van der Waals surface area contributed by atoms with Crippen LogP contribution < -0.4 is 0 Å². The second kappa shape index (κ2) is 9.36. The number of methoxy groups -OCH3 is 1. The molecule has 0 saturated carbocycles. The molecule has 1 aliphatic heterocycles. The number of amides is 2. The Balaban J connectivity index is 1.62. The minimum Gasteiger partial charge on any atom is -0.375 e. The van der Waals surface area contributed by atoms with E-state index in [0.717, 1.165) is 12.8 Å². The van der Waals surface area contributed by atoms with Crippen LogP contribution in [0.1, 0.15) is 41.8 Å². The van der Waals surface area contributed by atoms with Gasteiger partial charge in [-0.25, -0.2) is 9.97 Å². The van der Waals surface area contributed by atoms with Gasteiger partial charge in [0.25, 0.3) is 11.8 Å². The van der Waals surface area contributed by atoms with Gasteiger partial charge in [-0.3, -0.25) is 9.59 Å². The van der Waals surface area contributed by atoms with Gasteiger partial charge in [0.05, 0.1) is 5.56 Å². The third kappa shape index (κ3) is 4.89. The monoisotopic (exact) mass is 388 g/mol. The highest BCUT2D eigenvalue weighted by molar-refractivity contribution is 5.93. The van der Waals surface area contributed by atoms with E-state index in [9.17, 15) is 9.59 Å². The molecule has 0 aliphatic carbocycles. The first-order valence-corrected chi connectivity index (χ1v) is 9.20. The predicted octanol–water partition coefficient (Wildman–Crippen LogP) is 0.702. The summed E-state index contributed by atoms with van der Waals surface area (Å²) in [5, 5.41) is 3.91. The molecular formula is C18H24N6O4. The van der Waals surface area contributed by atoms with Crippen molar-refractivity contribution >= 4 is 11.8 Å². The van der Waals surface area contributed by atoms with Crippen molar-refractivity contribution in [2.75, 3.05) is 26.7 Å². The number of nitrogens with zero attached hydrogens (tertiary/aromatic N) is 6. The second-order valence-electron chi connectivity index (χ2n) is 6.67. The maximum atomic E-state index is 12.7. The molecule has 0 N–H and O–H groups in total. The highest BCUT2D eigenvalue weighted by Crippen LogP contribution is 2.18. The SMILES string of the molecule is COCc1nc(CCN(C(C)=O)C2CCCN(C(=O)c3cncnc3)C2)no1. The molecule has 2 aromatic heterocycles. The molecule has 1 aliphatic rings. The van der Waals surface area contributed by atoms with Gasteiger partial charge in [0.15, 0.2) is 5.82 Å². The molecule has 1 atom stereocenters. The number of hydrogen-bond acceptors (Lipinski definition) is 8. The van der Waals surface area contributed by atoms with Crippen LogP contribution in [-0.4, -0.2) is 74.5 Å². The maximum Gasteiger partial charge on any atom is 0.257 e. The Hall–Kier alpha value is -2.88. The van der Waals surface area contributed by atoms with Crippen LogP contribution in [0.4, 0.5) is 0 Å². The Bertz CT molecular complexity index is 796. The van der Waals surface area contributed by atoms with Gasteiger partial charge in [0, 0.05) is 58.5 Å². The van der Waals surface area contributed by atoms with Crippen molar-refractivity contribution in [2.24, 2.45) is 0 Å². The highest BCUT2D eigenvalue weighted by Gasteiger charge is 2.30. The van der Waals surface area contributed by atoms with Crippen molar-refractivity contribution in [3.63, 3.8) is 0 Å². The van der Waals surface area contributed by atoms with Gasteiger partial charge in [0.2, 0.25) is 5.91 Å². The van der Waals surface area contributed by atoms with E-state index in [2.05, 4.69) is 20.1 Å². The summed E-state index contributed by atoms with van der Waals surface area (Å²) in [4.78, 5) is 40.5. The molecule has 0 aromatic carbocycles. The lowest BCUT2D eigenvalue weighted by molar-refractivity contribution is -0.132. The van der Waals surface area contributed by atoms with E-state index >= 15 is 0 Å². The van der Waals surface area contributed by atoms with E-state index in [1.165, 1.54) is 18.7 Å². The number of hydrogen-bond donors (Lipinski definition) is 0. The number of aromatic nitrogens is 4. The molecular weight excluding hydrogens is 364 g/mol. The molecule has 3 heterocycles. The van der Waals surface area contributed by atoms with E-state index in [-0.39, 0.29) is 24.5 Å². The minimum absolute atomic E-state index is 0.0389. The Kier molecular flexibility index (Phi) is 6.64. The maximum absolute atomic E-state index is 12.7. The first-order valence-electron chi connectivity index (χ1n) is 9.20. The smallest absolute Gasteiger partial charge is 0.257 e. The summed E-state index contributed by atoms with van der Waals surface area (Å²) in [6.45, 7) is 3.39. The zero-order chi connectivity index (χ0) is 19.9. The number of carbonyl (C=O) groups excluding carboxylic acids is 2. The fourth-order valence-electron chi connectivity index (χ4n) is 3.38. The molecule has 150 valence electrons. The third-order valence-corrected chi connectivity index (χ3v) is 4.69. The average Bonchev–Trinajstić information content (AvgIpc) is 3.16. The highest BCUT2D eigenvalue weighted by atomic mass is 16.5. The van der Waals surface area contributed by atoms with Crippen LogP contribution in [0, 0.1) is 0 Å². The van der Waals surface area contributed by atoms with Gasteiger partial charge in [-0.05, 0) is 12.8 Å². The van der Waals surface area contributed by atoms with Crippen molar-refractivity contribution in [1.82, 2.24) is 29.9 Å². The quantitative estimate of drug-likeness (QED) is 0.681. The zero-order valence-corrected chi connectivity index (χ0v) is 16.1. The van der Waals surface area contributed by atoms with Crippen molar-refractivity contribution in [1.29, 1.82) is 0 Å². The van der Waals surface area contributed by atoms with Crippen LogP contribution in [-0.2, 0) is 22.6 Å². The summed E-state index contributed by atoms with van der Waals surface area (Å²) in [7, 11) is 1.55. The first kappa shape index (κ1) is 19.9. The molecule has 1 unspecified atom stereocenters. The topological polar surface area (TPSA) is 115 Å². The van der Waals surface area contributed by atoms with Crippen molar-refractivity contribution < 1.29 is 18.8 Å². The molecule has 10 heteroatoms. The lowest BCUT2D eigenvalue weighted by atomic mass is 10.0. The molecule has 0 radical (unpaired) electrons. The molecule has 0 spiro atoms.